The molecule has 0 amide bonds. The maximum Gasteiger partial charge on any atom is 0.121 e. The van der Waals surface area contributed by atoms with Crippen LogP contribution in [0.25, 0.3) is 5.69 Å². The number of ether oxygens (including phenoxy) is 1. The van der Waals surface area contributed by atoms with E-state index in [1.807, 2.05) is 30.5 Å². The van der Waals surface area contributed by atoms with Crippen LogP contribution in [0.15, 0.2) is 30.5 Å². The lowest BCUT2D eigenvalue weighted by Gasteiger charge is -2.08. The molecule has 4 heteroatoms. The number of aromatic nitrogens is 2. The molecule has 17 heavy (non-hydrogen) atoms. The van der Waals surface area contributed by atoms with Crippen LogP contribution < -0.4 is 10.5 Å². The third-order valence-corrected chi connectivity index (χ3v) is 2.69. The van der Waals surface area contributed by atoms with Crippen molar-refractivity contribution in [1.82, 2.24) is 9.78 Å². The lowest BCUT2D eigenvalue weighted by molar-refractivity contribution is 0.414. The molecule has 0 saturated heterocycles. The minimum Gasteiger partial charge on any atom is -0.497 e. The van der Waals surface area contributed by atoms with Crippen molar-refractivity contribution in [2.45, 2.75) is 19.8 Å². The average Bonchev–Trinajstić information content (AvgIpc) is 2.79. The van der Waals surface area contributed by atoms with E-state index >= 15 is 0 Å². The van der Waals surface area contributed by atoms with E-state index in [0.717, 1.165) is 17.1 Å². The van der Waals surface area contributed by atoms with Crippen LogP contribution in [0.3, 0.4) is 0 Å². The molecule has 0 aliphatic heterocycles. The van der Waals surface area contributed by atoms with Crippen molar-refractivity contribution < 1.29 is 4.74 Å². The summed E-state index contributed by atoms with van der Waals surface area (Å²) in [5.74, 6) is 1.18. The van der Waals surface area contributed by atoms with Gasteiger partial charge in [0.2, 0.25) is 0 Å². The molecule has 1 heterocycles. The number of nitrogens with two attached hydrogens (primary N) is 1. The van der Waals surface area contributed by atoms with Gasteiger partial charge in [-0.15, -0.1) is 0 Å². The van der Waals surface area contributed by atoms with Gasteiger partial charge in [0.25, 0.3) is 0 Å². The van der Waals surface area contributed by atoms with Gasteiger partial charge in [-0.1, -0.05) is 13.8 Å². The number of anilines is 1. The summed E-state index contributed by atoms with van der Waals surface area (Å²) >= 11 is 0. The standard InChI is InChI=1S/C13H17N3O/c1-9(2)12-6-7-16(15-12)13-8-10(17-3)4-5-11(13)14/h4-9H,14H2,1-3H3. The second kappa shape index (κ2) is 4.49. The van der Waals surface area contributed by atoms with E-state index < -0.39 is 0 Å². The molecular weight excluding hydrogens is 214 g/mol. The Morgan fingerprint density at radius 3 is 2.65 bits per heavy atom. The molecule has 0 spiro atoms. The number of nitrogens with zero attached hydrogens (tertiary/aromatic N) is 2. The Morgan fingerprint density at radius 1 is 1.29 bits per heavy atom. The molecule has 0 unspecified atom stereocenters. The first kappa shape index (κ1) is 11.5. The van der Waals surface area contributed by atoms with E-state index in [1.165, 1.54) is 0 Å². The van der Waals surface area contributed by atoms with Crippen molar-refractivity contribution in [3.63, 3.8) is 0 Å². The summed E-state index contributed by atoms with van der Waals surface area (Å²) in [5, 5.41) is 4.50. The molecule has 1 aromatic heterocycles. The molecule has 1 aromatic carbocycles. The average molecular weight is 231 g/mol. The SMILES string of the molecule is COc1ccc(N)c(-n2ccc(C(C)C)n2)c1. The number of hydrogen-bond donors (Lipinski definition) is 1. The molecular formula is C13H17N3O. The van der Waals surface area contributed by atoms with E-state index in [1.54, 1.807) is 11.8 Å². The number of rotatable bonds is 3. The van der Waals surface area contributed by atoms with Gasteiger partial charge in [-0.25, -0.2) is 4.68 Å². The van der Waals surface area contributed by atoms with Crippen LogP contribution in [0, 0.1) is 0 Å². The fourth-order valence-electron chi connectivity index (χ4n) is 1.63. The molecule has 0 atom stereocenters. The topological polar surface area (TPSA) is 53.1 Å². The number of methoxy groups -OCH3 is 1. The molecule has 0 aliphatic carbocycles. The zero-order valence-electron chi connectivity index (χ0n) is 10.3. The van der Waals surface area contributed by atoms with Crippen molar-refractivity contribution in [2.24, 2.45) is 0 Å². The first-order chi connectivity index (χ1) is 8.11. The number of benzene rings is 1. The Bertz CT molecular complexity index is 517. The van der Waals surface area contributed by atoms with Crippen molar-refractivity contribution in [3.05, 3.63) is 36.2 Å². The zero-order chi connectivity index (χ0) is 12.4. The Labute approximate surface area is 101 Å². The monoisotopic (exact) mass is 231 g/mol. The van der Waals surface area contributed by atoms with Gasteiger partial charge in [0, 0.05) is 12.3 Å². The van der Waals surface area contributed by atoms with Crippen molar-refractivity contribution in [2.75, 3.05) is 12.8 Å². The molecule has 0 saturated carbocycles. The minimum atomic E-state index is 0.406. The molecule has 2 N–H and O–H groups in total. The summed E-state index contributed by atoms with van der Waals surface area (Å²) in [5.41, 5.74) is 8.52. The Morgan fingerprint density at radius 2 is 2.06 bits per heavy atom. The van der Waals surface area contributed by atoms with Crippen LogP contribution in [0.4, 0.5) is 5.69 Å². The number of nitrogen functional groups attached to an aromatic ring is 1. The van der Waals surface area contributed by atoms with Crippen LogP contribution in [0.1, 0.15) is 25.5 Å². The summed E-state index contributed by atoms with van der Waals surface area (Å²) in [6.45, 7) is 4.23. The molecule has 90 valence electrons. The highest BCUT2D eigenvalue weighted by atomic mass is 16.5. The van der Waals surface area contributed by atoms with Gasteiger partial charge in [-0.3, -0.25) is 0 Å². The van der Waals surface area contributed by atoms with Gasteiger partial charge in [-0.2, -0.15) is 5.10 Å². The van der Waals surface area contributed by atoms with Gasteiger partial charge in [0.05, 0.1) is 24.2 Å². The van der Waals surface area contributed by atoms with E-state index in [9.17, 15) is 0 Å². The normalized spacial score (nSPS) is 10.8. The smallest absolute Gasteiger partial charge is 0.121 e. The van der Waals surface area contributed by atoms with Crippen molar-refractivity contribution in [1.29, 1.82) is 0 Å². The Hall–Kier alpha value is -1.97. The predicted molar refractivity (Wildman–Crippen MR) is 68.6 cm³/mol. The van der Waals surface area contributed by atoms with E-state index in [-0.39, 0.29) is 0 Å². The second-order valence-corrected chi connectivity index (χ2v) is 4.26. The molecule has 0 bridgehead atoms. The van der Waals surface area contributed by atoms with Gasteiger partial charge in [-0.05, 0) is 24.1 Å². The zero-order valence-corrected chi connectivity index (χ0v) is 10.3. The molecule has 0 fully saturated rings. The highest BCUT2D eigenvalue weighted by Gasteiger charge is 2.08. The maximum atomic E-state index is 5.95. The molecule has 0 aliphatic rings. The first-order valence-electron chi connectivity index (χ1n) is 5.61. The predicted octanol–water partition coefficient (Wildman–Crippen LogP) is 2.59. The van der Waals surface area contributed by atoms with E-state index in [0.29, 0.717) is 11.6 Å². The van der Waals surface area contributed by atoms with Crippen LogP contribution in [-0.2, 0) is 0 Å². The highest BCUT2D eigenvalue weighted by molar-refractivity contribution is 5.60. The summed E-state index contributed by atoms with van der Waals surface area (Å²) in [6.07, 6.45) is 1.92. The van der Waals surface area contributed by atoms with Crippen molar-refractivity contribution >= 4 is 5.69 Å². The van der Waals surface area contributed by atoms with Crippen LogP contribution >= 0.6 is 0 Å². The van der Waals surface area contributed by atoms with Gasteiger partial charge < -0.3 is 10.5 Å². The van der Waals surface area contributed by atoms with E-state index in [2.05, 4.69) is 18.9 Å². The minimum absolute atomic E-state index is 0.406. The van der Waals surface area contributed by atoms with Gasteiger partial charge in [0.15, 0.2) is 0 Å². The molecule has 0 radical (unpaired) electrons. The lowest BCUT2D eigenvalue weighted by atomic mass is 10.1. The van der Waals surface area contributed by atoms with Crippen LogP contribution in [0.2, 0.25) is 0 Å². The fourth-order valence-corrected chi connectivity index (χ4v) is 1.63. The third-order valence-electron chi connectivity index (χ3n) is 2.69. The first-order valence-corrected chi connectivity index (χ1v) is 5.61. The number of hydrogen-bond acceptors (Lipinski definition) is 3. The Kier molecular flexibility index (Phi) is 3.04. The van der Waals surface area contributed by atoms with E-state index in [4.69, 9.17) is 10.5 Å². The van der Waals surface area contributed by atoms with Crippen LogP contribution in [-0.4, -0.2) is 16.9 Å². The van der Waals surface area contributed by atoms with Gasteiger partial charge in [0.1, 0.15) is 5.75 Å². The molecule has 4 nitrogen and oxygen atoms in total. The van der Waals surface area contributed by atoms with Crippen LogP contribution in [0.5, 0.6) is 5.75 Å². The Balaban J connectivity index is 2.44. The molecule has 2 aromatic rings. The van der Waals surface area contributed by atoms with Gasteiger partial charge >= 0.3 is 0 Å². The lowest BCUT2D eigenvalue weighted by Crippen LogP contribution is -2.02. The summed E-state index contributed by atoms with van der Waals surface area (Å²) in [7, 11) is 1.64. The quantitative estimate of drug-likeness (QED) is 0.826. The second-order valence-electron chi connectivity index (χ2n) is 4.26. The highest BCUT2D eigenvalue weighted by Crippen LogP contribution is 2.23. The summed E-state index contributed by atoms with van der Waals surface area (Å²) in [6, 6.07) is 7.55. The summed E-state index contributed by atoms with van der Waals surface area (Å²) in [4.78, 5) is 0. The molecule has 2 rings (SSSR count). The van der Waals surface area contributed by atoms with Crippen molar-refractivity contribution in [3.8, 4) is 11.4 Å². The fraction of sp³-hybridized carbons (Fsp3) is 0.308. The third kappa shape index (κ3) is 2.25. The maximum absolute atomic E-state index is 5.95. The summed E-state index contributed by atoms with van der Waals surface area (Å²) < 4.78 is 6.97. The largest absolute Gasteiger partial charge is 0.497 e.